The number of sulfonamides is 1. The normalized spacial score (nSPS) is 13.0. The Kier molecular flexibility index (Phi) is 4.21. The van der Waals surface area contributed by atoms with E-state index in [1.807, 2.05) is 0 Å². The van der Waals surface area contributed by atoms with Crippen molar-refractivity contribution < 1.29 is 17.2 Å². The van der Waals surface area contributed by atoms with Gasteiger partial charge >= 0.3 is 0 Å². The fourth-order valence-corrected chi connectivity index (χ4v) is 3.18. The van der Waals surface area contributed by atoms with Gasteiger partial charge in [0.1, 0.15) is 11.6 Å². The van der Waals surface area contributed by atoms with Crippen molar-refractivity contribution in [2.45, 2.75) is 37.6 Å². The summed E-state index contributed by atoms with van der Waals surface area (Å²) in [7, 11) is -2.96. The number of anilines is 1. The smallest absolute Gasteiger partial charge is 0.249 e. The molecule has 0 aliphatic carbocycles. The van der Waals surface area contributed by atoms with Crippen LogP contribution in [0.15, 0.2) is 17.0 Å². The van der Waals surface area contributed by atoms with E-state index in [1.165, 1.54) is 7.05 Å². The molecule has 0 amide bonds. The fourth-order valence-electron chi connectivity index (χ4n) is 1.51. The van der Waals surface area contributed by atoms with E-state index in [2.05, 4.69) is 0 Å². The average molecular weight is 292 g/mol. The Balaban J connectivity index is 3.45. The third-order valence-electron chi connectivity index (χ3n) is 3.36. The van der Waals surface area contributed by atoms with Crippen molar-refractivity contribution in [2.24, 2.45) is 0 Å². The van der Waals surface area contributed by atoms with E-state index in [1.54, 1.807) is 20.8 Å². The summed E-state index contributed by atoms with van der Waals surface area (Å²) in [6.45, 7) is 5.15. The Morgan fingerprint density at radius 1 is 1.26 bits per heavy atom. The number of benzene rings is 1. The first-order valence-electron chi connectivity index (χ1n) is 5.77. The van der Waals surface area contributed by atoms with Crippen LogP contribution in [0.1, 0.15) is 27.2 Å². The second-order valence-electron chi connectivity index (χ2n) is 4.95. The van der Waals surface area contributed by atoms with Gasteiger partial charge in [-0.2, -0.15) is 4.31 Å². The van der Waals surface area contributed by atoms with Crippen LogP contribution in [0.25, 0.3) is 0 Å². The molecule has 1 aromatic carbocycles. The maximum atomic E-state index is 13.7. The summed E-state index contributed by atoms with van der Waals surface area (Å²) in [5.74, 6) is -2.37. The zero-order valence-electron chi connectivity index (χ0n) is 11.4. The molecule has 7 heteroatoms. The Bertz CT molecular complexity index is 562. The monoisotopic (exact) mass is 292 g/mol. The first kappa shape index (κ1) is 15.8. The molecule has 0 atom stereocenters. The Labute approximate surface area is 112 Å². The molecule has 0 radical (unpaired) electrons. The van der Waals surface area contributed by atoms with E-state index >= 15 is 0 Å². The lowest BCUT2D eigenvalue weighted by molar-refractivity contribution is 0.255. The molecule has 0 fully saturated rings. The molecule has 1 aromatic rings. The van der Waals surface area contributed by atoms with Gasteiger partial charge in [-0.05, 0) is 32.4 Å². The summed E-state index contributed by atoms with van der Waals surface area (Å²) >= 11 is 0. The number of halogens is 2. The molecular formula is C12H18F2N2O2S. The Morgan fingerprint density at radius 3 is 2.05 bits per heavy atom. The van der Waals surface area contributed by atoms with Crippen molar-refractivity contribution in [1.29, 1.82) is 0 Å². The van der Waals surface area contributed by atoms with Gasteiger partial charge in [0.25, 0.3) is 0 Å². The van der Waals surface area contributed by atoms with Gasteiger partial charge in [0.2, 0.25) is 10.0 Å². The van der Waals surface area contributed by atoms with Gasteiger partial charge in [-0.15, -0.1) is 0 Å². The van der Waals surface area contributed by atoms with E-state index in [4.69, 9.17) is 5.73 Å². The summed E-state index contributed by atoms with van der Waals surface area (Å²) in [6, 6.07) is 1.59. The summed E-state index contributed by atoms with van der Waals surface area (Å²) in [5.41, 5.74) is 4.36. The van der Waals surface area contributed by atoms with E-state index in [9.17, 15) is 17.2 Å². The fraction of sp³-hybridized carbons (Fsp3) is 0.500. The van der Waals surface area contributed by atoms with Crippen molar-refractivity contribution in [3.8, 4) is 0 Å². The molecule has 0 spiro atoms. The van der Waals surface area contributed by atoms with Gasteiger partial charge < -0.3 is 5.73 Å². The number of hydrogen-bond donors (Lipinski definition) is 1. The van der Waals surface area contributed by atoms with Crippen LogP contribution in [0.3, 0.4) is 0 Å². The standard InChI is InChI=1S/C12H18F2N2O2S/c1-5-12(2,3)16(4)19(17,18)11-9(13)6-8(15)7-10(11)14/h6-7H,5,15H2,1-4H3. The average Bonchev–Trinajstić information content (AvgIpc) is 2.26. The highest BCUT2D eigenvalue weighted by Crippen LogP contribution is 2.29. The number of nitrogens with two attached hydrogens (primary N) is 1. The van der Waals surface area contributed by atoms with Crippen LogP contribution >= 0.6 is 0 Å². The maximum Gasteiger partial charge on any atom is 0.249 e. The minimum absolute atomic E-state index is 0.161. The number of rotatable bonds is 4. The first-order valence-corrected chi connectivity index (χ1v) is 7.21. The molecule has 0 aliphatic heterocycles. The molecule has 19 heavy (non-hydrogen) atoms. The topological polar surface area (TPSA) is 63.4 Å². The molecule has 0 heterocycles. The van der Waals surface area contributed by atoms with E-state index < -0.39 is 32.1 Å². The van der Waals surface area contributed by atoms with E-state index in [0.29, 0.717) is 6.42 Å². The molecule has 0 unspecified atom stereocenters. The molecule has 108 valence electrons. The lowest BCUT2D eigenvalue weighted by Gasteiger charge is -2.33. The Hall–Kier alpha value is -1.21. The molecule has 1 rings (SSSR count). The molecule has 0 aromatic heterocycles. The van der Waals surface area contributed by atoms with Crippen LogP contribution in [0.2, 0.25) is 0 Å². The van der Waals surface area contributed by atoms with E-state index in [0.717, 1.165) is 16.4 Å². The molecule has 0 saturated carbocycles. The van der Waals surface area contributed by atoms with Crippen molar-refractivity contribution in [1.82, 2.24) is 4.31 Å². The predicted octanol–water partition coefficient (Wildman–Crippen LogP) is 2.36. The summed E-state index contributed by atoms with van der Waals surface area (Å²) in [5, 5.41) is 0. The quantitative estimate of drug-likeness (QED) is 0.866. The molecule has 4 nitrogen and oxygen atoms in total. The van der Waals surface area contributed by atoms with Crippen molar-refractivity contribution in [3.63, 3.8) is 0 Å². The van der Waals surface area contributed by atoms with Gasteiger partial charge in [-0.1, -0.05) is 6.92 Å². The molecule has 0 aliphatic rings. The van der Waals surface area contributed by atoms with Crippen LogP contribution < -0.4 is 5.73 Å². The minimum Gasteiger partial charge on any atom is -0.399 e. The van der Waals surface area contributed by atoms with Gasteiger partial charge in [0.15, 0.2) is 4.90 Å². The highest BCUT2D eigenvalue weighted by atomic mass is 32.2. The van der Waals surface area contributed by atoms with E-state index in [-0.39, 0.29) is 5.69 Å². The number of nitrogen functional groups attached to an aromatic ring is 1. The van der Waals surface area contributed by atoms with Gasteiger partial charge in [0.05, 0.1) is 0 Å². The highest BCUT2D eigenvalue weighted by Gasteiger charge is 2.36. The maximum absolute atomic E-state index is 13.7. The molecule has 0 saturated heterocycles. The third kappa shape index (κ3) is 2.87. The van der Waals surface area contributed by atoms with Crippen LogP contribution in [0.5, 0.6) is 0 Å². The number of nitrogens with zero attached hydrogens (tertiary/aromatic N) is 1. The van der Waals surface area contributed by atoms with Crippen molar-refractivity contribution >= 4 is 15.7 Å². The van der Waals surface area contributed by atoms with Gasteiger partial charge in [-0.3, -0.25) is 0 Å². The lowest BCUT2D eigenvalue weighted by Crippen LogP contribution is -2.44. The van der Waals surface area contributed by atoms with Crippen LogP contribution in [0, 0.1) is 11.6 Å². The van der Waals surface area contributed by atoms with Crippen LogP contribution in [-0.2, 0) is 10.0 Å². The second-order valence-corrected chi connectivity index (χ2v) is 6.86. The summed E-state index contributed by atoms with van der Waals surface area (Å²) in [4.78, 5) is -0.967. The predicted molar refractivity (Wildman–Crippen MR) is 70.1 cm³/mol. The largest absolute Gasteiger partial charge is 0.399 e. The van der Waals surface area contributed by atoms with Crippen LogP contribution in [-0.4, -0.2) is 25.3 Å². The SMILES string of the molecule is CCC(C)(C)N(C)S(=O)(=O)c1c(F)cc(N)cc1F. The minimum atomic E-state index is -4.26. The molecule has 2 N–H and O–H groups in total. The zero-order valence-corrected chi connectivity index (χ0v) is 12.2. The Morgan fingerprint density at radius 2 is 1.68 bits per heavy atom. The van der Waals surface area contributed by atoms with Crippen molar-refractivity contribution in [2.75, 3.05) is 12.8 Å². The van der Waals surface area contributed by atoms with Crippen LogP contribution in [0.4, 0.5) is 14.5 Å². The summed E-state index contributed by atoms with van der Waals surface area (Å²) < 4.78 is 53.0. The molecular weight excluding hydrogens is 274 g/mol. The zero-order chi connectivity index (χ0) is 15.0. The van der Waals surface area contributed by atoms with Gasteiger partial charge in [-0.25, -0.2) is 17.2 Å². The van der Waals surface area contributed by atoms with Crippen molar-refractivity contribution in [3.05, 3.63) is 23.8 Å². The number of hydrogen-bond acceptors (Lipinski definition) is 3. The lowest BCUT2D eigenvalue weighted by atomic mass is 10.0. The molecule has 0 bridgehead atoms. The second kappa shape index (κ2) is 5.05. The van der Waals surface area contributed by atoms with Gasteiger partial charge in [0, 0.05) is 18.3 Å². The first-order chi connectivity index (χ1) is 8.54. The summed E-state index contributed by atoms with van der Waals surface area (Å²) in [6.07, 6.45) is 0.501. The highest BCUT2D eigenvalue weighted by molar-refractivity contribution is 7.89. The third-order valence-corrected chi connectivity index (χ3v) is 5.48.